The van der Waals surface area contributed by atoms with Gasteiger partial charge in [0.25, 0.3) is 0 Å². The highest BCUT2D eigenvalue weighted by Gasteiger charge is 2.24. The fourth-order valence-electron chi connectivity index (χ4n) is 6.22. The van der Waals surface area contributed by atoms with Crippen molar-refractivity contribution >= 4 is 34.4 Å². The van der Waals surface area contributed by atoms with E-state index < -0.39 is 0 Å². The number of rotatable bonds is 4. The normalized spacial score (nSPS) is 17.0. The summed E-state index contributed by atoms with van der Waals surface area (Å²) in [5.74, 6) is 0.194. The molecule has 1 unspecified atom stereocenters. The van der Waals surface area contributed by atoms with E-state index >= 15 is 0 Å². The van der Waals surface area contributed by atoms with Crippen molar-refractivity contribution in [3.05, 3.63) is 89.5 Å². The number of hydrogen-bond donors (Lipinski definition) is 3. The minimum atomic E-state index is -0.123. The second kappa shape index (κ2) is 10.7. The van der Waals surface area contributed by atoms with Crippen molar-refractivity contribution in [3.63, 3.8) is 0 Å². The topological polar surface area (TPSA) is 106 Å². The van der Waals surface area contributed by atoms with Crippen molar-refractivity contribution in [1.82, 2.24) is 24.8 Å². The molecule has 2 aliphatic rings. The van der Waals surface area contributed by atoms with E-state index in [1.807, 2.05) is 42.2 Å². The Hall–Kier alpha value is -4.89. The molecule has 1 atom stereocenters. The average Bonchev–Trinajstić information content (AvgIpc) is 3.64. The van der Waals surface area contributed by atoms with Gasteiger partial charge in [-0.25, -0.2) is 9.78 Å². The average molecular weight is 573 g/mol. The Morgan fingerprint density at radius 2 is 1.72 bits per heavy atom. The van der Waals surface area contributed by atoms with Gasteiger partial charge in [0.15, 0.2) is 0 Å². The van der Waals surface area contributed by atoms with Gasteiger partial charge in [-0.05, 0) is 67.4 Å². The van der Waals surface area contributed by atoms with Crippen LogP contribution >= 0.6 is 0 Å². The Morgan fingerprint density at radius 3 is 2.44 bits per heavy atom. The molecule has 4 N–H and O–H groups in total. The summed E-state index contributed by atoms with van der Waals surface area (Å²) in [6.07, 6.45) is 0. The Balaban J connectivity index is 1.16. The van der Waals surface area contributed by atoms with Gasteiger partial charge in [0.05, 0.1) is 5.69 Å². The highest BCUT2D eigenvalue weighted by Crippen LogP contribution is 2.35. The van der Waals surface area contributed by atoms with Crippen LogP contribution in [0.3, 0.4) is 0 Å². The first-order chi connectivity index (χ1) is 20.8. The van der Waals surface area contributed by atoms with Gasteiger partial charge < -0.3 is 30.7 Å². The molecule has 5 aromatic rings. The van der Waals surface area contributed by atoms with Gasteiger partial charge in [-0.15, -0.1) is 0 Å². The number of carbonyl (C=O) groups excluding carboxylic acids is 1. The van der Waals surface area contributed by atoms with Gasteiger partial charge in [-0.2, -0.15) is 4.98 Å². The number of benzene rings is 3. The lowest BCUT2D eigenvalue weighted by molar-refractivity contribution is 0.212. The molecular formula is C34H36N8O. The van der Waals surface area contributed by atoms with Crippen LogP contribution in [-0.2, 0) is 13.1 Å². The van der Waals surface area contributed by atoms with Crippen LogP contribution in [-0.4, -0.2) is 63.5 Å². The zero-order valence-corrected chi connectivity index (χ0v) is 24.8. The molecule has 2 aromatic heterocycles. The summed E-state index contributed by atoms with van der Waals surface area (Å²) < 4.78 is 0. The van der Waals surface area contributed by atoms with E-state index in [0.29, 0.717) is 24.8 Å². The smallest absolute Gasteiger partial charge is 0.322 e. The number of piperazine rings is 1. The number of nitrogens with zero attached hydrogens (tertiary/aromatic N) is 5. The van der Waals surface area contributed by atoms with Crippen LogP contribution in [0.4, 0.5) is 22.1 Å². The first-order valence-corrected chi connectivity index (χ1v) is 14.8. The van der Waals surface area contributed by atoms with E-state index in [-0.39, 0.29) is 12.0 Å². The number of fused-ring (bicyclic) bond motifs is 2. The SMILES string of the molecule is Cc1c(NC(=O)N2Cc3ccccc3C2)cccc1-c1nc(N)nc2[nH]c(-c3ccc(N4CCN(C)C(C)C4)cc3)cc12. The molecule has 1 fully saturated rings. The van der Waals surface area contributed by atoms with Crippen molar-refractivity contribution in [3.8, 4) is 22.5 Å². The predicted octanol–water partition coefficient (Wildman–Crippen LogP) is 5.87. The maximum atomic E-state index is 13.2. The number of anilines is 3. The largest absolute Gasteiger partial charge is 0.369 e. The van der Waals surface area contributed by atoms with Crippen molar-refractivity contribution < 1.29 is 4.79 Å². The number of nitrogen functional groups attached to an aromatic ring is 1. The van der Waals surface area contributed by atoms with E-state index in [4.69, 9.17) is 5.73 Å². The molecule has 4 heterocycles. The molecule has 0 bridgehead atoms. The molecule has 9 heteroatoms. The number of hydrogen-bond acceptors (Lipinski definition) is 6. The number of nitrogens with two attached hydrogens (primary N) is 1. The molecule has 0 radical (unpaired) electrons. The van der Waals surface area contributed by atoms with Gasteiger partial charge in [-0.1, -0.05) is 48.5 Å². The number of aromatic nitrogens is 3. The van der Waals surface area contributed by atoms with Crippen LogP contribution in [0, 0.1) is 6.92 Å². The first-order valence-electron chi connectivity index (χ1n) is 14.8. The molecule has 1 saturated heterocycles. The summed E-state index contributed by atoms with van der Waals surface area (Å²) >= 11 is 0. The van der Waals surface area contributed by atoms with Gasteiger partial charge in [0, 0.05) is 66.8 Å². The van der Waals surface area contributed by atoms with Gasteiger partial charge in [-0.3, -0.25) is 0 Å². The quantitative estimate of drug-likeness (QED) is 0.249. The number of H-pyrrole nitrogens is 1. The Bertz CT molecular complexity index is 1800. The van der Waals surface area contributed by atoms with E-state index in [2.05, 4.69) is 86.5 Å². The summed E-state index contributed by atoms with van der Waals surface area (Å²) in [6.45, 7) is 8.58. The molecule has 2 amide bonds. The molecule has 0 aliphatic carbocycles. The van der Waals surface area contributed by atoms with Gasteiger partial charge in [0.1, 0.15) is 5.65 Å². The van der Waals surface area contributed by atoms with E-state index in [0.717, 1.165) is 58.8 Å². The lowest BCUT2D eigenvalue weighted by Gasteiger charge is -2.39. The molecule has 218 valence electrons. The molecule has 2 aliphatic heterocycles. The van der Waals surface area contributed by atoms with Crippen molar-refractivity contribution in [2.75, 3.05) is 42.6 Å². The van der Waals surface area contributed by atoms with E-state index in [1.165, 1.54) is 16.8 Å². The minimum Gasteiger partial charge on any atom is -0.369 e. The third-order valence-corrected chi connectivity index (χ3v) is 8.97. The van der Waals surface area contributed by atoms with Crippen LogP contribution < -0.4 is 16.0 Å². The molecule has 0 saturated carbocycles. The summed E-state index contributed by atoms with van der Waals surface area (Å²) in [5.41, 5.74) is 15.8. The van der Waals surface area contributed by atoms with Crippen LogP contribution in [0.25, 0.3) is 33.5 Å². The maximum absolute atomic E-state index is 13.2. The molecule has 7 rings (SSSR count). The Morgan fingerprint density at radius 1 is 0.977 bits per heavy atom. The van der Waals surface area contributed by atoms with Crippen molar-refractivity contribution in [2.45, 2.75) is 33.0 Å². The highest BCUT2D eigenvalue weighted by atomic mass is 16.2. The number of urea groups is 1. The van der Waals surface area contributed by atoms with Crippen LogP contribution in [0.15, 0.2) is 72.8 Å². The second-order valence-electron chi connectivity index (χ2n) is 11.7. The molecule has 3 aromatic carbocycles. The molecule has 9 nitrogen and oxygen atoms in total. The fraction of sp³-hybridized carbons (Fsp3) is 0.265. The number of likely N-dealkylation sites (N-methyl/N-ethyl adjacent to an activating group) is 1. The van der Waals surface area contributed by atoms with Crippen LogP contribution in [0.1, 0.15) is 23.6 Å². The minimum absolute atomic E-state index is 0.123. The van der Waals surface area contributed by atoms with Gasteiger partial charge >= 0.3 is 6.03 Å². The number of amides is 2. The summed E-state index contributed by atoms with van der Waals surface area (Å²) in [7, 11) is 2.19. The Labute approximate surface area is 251 Å². The second-order valence-corrected chi connectivity index (χ2v) is 11.7. The summed E-state index contributed by atoms with van der Waals surface area (Å²) in [5, 5.41) is 4.00. The maximum Gasteiger partial charge on any atom is 0.322 e. The molecule has 0 spiro atoms. The van der Waals surface area contributed by atoms with E-state index in [9.17, 15) is 4.79 Å². The van der Waals surface area contributed by atoms with E-state index in [1.54, 1.807) is 0 Å². The fourth-order valence-corrected chi connectivity index (χ4v) is 6.22. The molecule has 43 heavy (non-hydrogen) atoms. The highest BCUT2D eigenvalue weighted by molar-refractivity contribution is 5.98. The Kier molecular flexibility index (Phi) is 6.74. The zero-order chi connectivity index (χ0) is 29.7. The lowest BCUT2D eigenvalue weighted by Crippen LogP contribution is -2.50. The zero-order valence-electron chi connectivity index (χ0n) is 24.8. The van der Waals surface area contributed by atoms with Gasteiger partial charge in [0.2, 0.25) is 5.95 Å². The number of aromatic amines is 1. The third-order valence-electron chi connectivity index (χ3n) is 8.97. The standard InChI is InChI=1S/C34H36N8O/c1-21-18-41(16-15-40(21)3)26-13-11-23(12-14-26)30-17-28-31(38-33(35)39-32(28)36-30)27-9-6-10-29(22(27)2)37-34(43)42-19-24-7-4-5-8-25(24)20-42/h4-14,17,21H,15-16,18-20H2,1-3H3,(H,37,43)(H3,35,36,38,39). The summed E-state index contributed by atoms with van der Waals surface area (Å²) in [4.78, 5) is 32.5. The number of carbonyl (C=O) groups is 1. The third kappa shape index (κ3) is 5.06. The first kappa shape index (κ1) is 27.0. The number of nitrogens with one attached hydrogen (secondary N) is 2. The van der Waals surface area contributed by atoms with Crippen molar-refractivity contribution in [1.29, 1.82) is 0 Å². The predicted molar refractivity (Wildman–Crippen MR) is 173 cm³/mol. The van der Waals surface area contributed by atoms with Crippen LogP contribution in [0.5, 0.6) is 0 Å². The lowest BCUT2D eigenvalue weighted by atomic mass is 10.0. The molecular weight excluding hydrogens is 536 g/mol. The van der Waals surface area contributed by atoms with Crippen molar-refractivity contribution in [2.24, 2.45) is 0 Å². The van der Waals surface area contributed by atoms with Crippen LogP contribution in [0.2, 0.25) is 0 Å². The monoisotopic (exact) mass is 572 g/mol. The summed E-state index contributed by atoms with van der Waals surface area (Å²) in [6, 6.07) is 25.2.